The number of pyridine rings is 1. The number of amides is 2. The highest BCUT2D eigenvalue weighted by molar-refractivity contribution is 5.92. The van der Waals surface area contributed by atoms with Crippen molar-refractivity contribution in [1.29, 1.82) is 0 Å². The number of rotatable bonds is 3. The Morgan fingerprint density at radius 2 is 1.73 bits per heavy atom. The van der Waals surface area contributed by atoms with Crippen molar-refractivity contribution in [2.24, 2.45) is 0 Å². The second-order valence-corrected chi connectivity index (χ2v) is 7.87. The molecule has 2 saturated heterocycles. The molecule has 1 aliphatic carbocycles. The van der Waals surface area contributed by atoms with Crippen LogP contribution >= 0.6 is 0 Å². The molecule has 2 amide bonds. The molecule has 1 saturated carbocycles. The molecule has 3 aliphatic rings. The Labute approximate surface area is 156 Å². The minimum Gasteiger partial charge on any atom is -0.354 e. The quantitative estimate of drug-likeness (QED) is 0.834. The van der Waals surface area contributed by atoms with E-state index < -0.39 is 0 Å². The van der Waals surface area contributed by atoms with Gasteiger partial charge in [-0.1, -0.05) is 12.8 Å². The van der Waals surface area contributed by atoms with E-state index in [2.05, 4.69) is 20.9 Å². The number of likely N-dealkylation sites (tertiary alicyclic amines) is 1. The highest BCUT2D eigenvalue weighted by atomic mass is 16.2. The lowest BCUT2D eigenvalue weighted by Crippen LogP contribution is -2.50. The summed E-state index contributed by atoms with van der Waals surface area (Å²) in [4.78, 5) is 26.0. The molecule has 3 fully saturated rings. The number of hydrogen-bond donors (Lipinski definition) is 0. The molecule has 0 N–H and O–H groups in total. The minimum absolute atomic E-state index is 0.103. The van der Waals surface area contributed by atoms with E-state index in [1.54, 1.807) is 4.90 Å². The summed E-state index contributed by atoms with van der Waals surface area (Å²) in [5.41, 5.74) is 0.935. The van der Waals surface area contributed by atoms with E-state index in [1.807, 2.05) is 24.2 Å². The van der Waals surface area contributed by atoms with Crippen LogP contribution in [0.3, 0.4) is 0 Å². The molecule has 2 aliphatic heterocycles. The van der Waals surface area contributed by atoms with Crippen LogP contribution in [0.15, 0.2) is 18.3 Å². The van der Waals surface area contributed by atoms with Gasteiger partial charge in [-0.05, 0) is 31.7 Å². The van der Waals surface area contributed by atoms with E-state index in [9.17, 15) is 4.79 Å². The maximum Gasteiger partial charge on any atom is 0.324 e. The molecule has 0 bridgehead atoms. The third-order valence-electron chi connectivity index (χ3n) is 6.26. The number of carbonyl (C=O) groups is 1. The number of carbonyl (C=O) groups excluding carboxylic acids is 1. The van der Waals surface area contributed by atoms with Crippen LogP contribution in [0.1, 0.15) is 38.5 Å². The van der Waals surface area contributed by atoms with Crippen molar-refractivity contribution >= 4 is 17.5 Å². The van der Waals surface area contributed by atoms with Crippen LogP contribution in [-0.2, 0) is 0 Å². The Morgan fingerprint density at radius 1 is 1.04 bits per heavy atom. The van der Waals surface area contributed by atoms with Gasteiger partial charge in [-0.25, -0.2) is 9.78 Å². The molecular weight excluding hydrogens is 326 g/mol. The summed E-state index contributed by atoms with van der Waals surface area (Å²) in [5, 5.41) is 0. The van der Waals surface area contributed by atoms with Gasteiger partial charge >= 0.3 is 6.03 Å². The van der Waals surface area contributed by atoms with Crippen molar-refractivity contribution in [2.75, 3.05) is 56.1 Å². The molecule has 1 aromatic rings. The lowest BCUT2D eigenvalue weighted by atomic mass is 10.2. The van der Waals surface area contributed by atoms with Gasteiger partial charge in [0.15, 0.2) is 0 Å². The Hall–Kier alpha value is -1.82. The van der Waals surface area contributed by atoms with Gasteiger partial charge < -0.3 is 9.80 Å². The smallest absolute Gasteiger partial charge is 0.324 e. The van der Waals surface area contributed by atoms with Crippen molar-refractivity contribution in [1.82, 2.24) is 14.8 Å². The second-order valence-electron chi connectivity index (χ2n) is 7.87. The second kappa shape index (κ2) is 7.82. The monoisotopic (exact) mass is 357 g/mol. The first-order valence-corrected chi connectivity index (χ1v) is 10.2. The third-order valence-corrected chi connectivity index (χ3v) is 6.26. The summed E-state index contributed by atoms with van der Waals surface area (Å²) >= 11 is 0. The van der Waals surface area contributed by atoms with Gasteiger partial charge in [-0.3, -0.25) is 9.80 Å². The molecule has 0 spiro atoms. The molecule has 142 valence electrons. The highest BCUT2D eigenvalue weighted by Crippen LogP contribution is 2.26. The lowest BCUT2D eigenvalue weighted by Gasteiger charge is -2.38. The zero-order valence-electron chi connectivity index (χ0n) is 15.9. The maximum atomic E-state index is 12.6. The molecule has 6 nitrogen and oxygen atoms in total. The molecule has 0 aromatic carbocycles. The highest BCUT2D eigenvalue weighted by Gasteiger charge is 2.27. The van der Waals surface area contributed by atoms with Gasteiger partial charge in [0.1, 0.15) is 5.82 Å². The van der Waals surface area contributed by atoms with Crippen LogP contribution in [0.25, 0.3) is 0 Å². The van der Waals surface area contributed by atoms with E-state index in [1.165, 1.54) is 25.7 Å². The van der Waals surface area contributed by atoms with Gasteiger partial charge in [0.25, 0.3) is 0 Å². The van der Waals surface area contributed by atoms with Crippen LogP contribution in [0, 0.1) is 0 Å². The lowest BCUT2D eigenvalue weighted by molar-refractivity contribution is 0.187. The number of nitrogens with zero attached hydrogens (tertiary/aromatic N) is 5. The van der Waals surface area contributed by atoms with Crippen molar-refractivity contribution in [3.8, 4) is 0 Å². The molecule has 3 heterocycles. The fraction of sp³-hybridized carbons (Fsp3) is 0.700. The summed E-state index contributed by atoms with van der Waals surface area (Å²) in [6, 6.07) is 4.91. The Morgan fingerprint density at radius 3 is 2.42 bits per heavy atom. The van der Waals surface area contributed by atoms with E-state index in [0.29, 0.717) is 0 Å². The number of anilines is 2. The fourth-order valence-electron chi connectivity index (χ4n) is 4.61. The average Bonchev–Trinajstić information content (AvgIpc) is 3.41. The van der Waals surface area contributed by atoms with Crippen molar-refractivity contribution in [2.45, 2.75) is 44.6 Å². The van der Waals surface area contributed by atoms with Crippen molar-refractivity contribution in [3.05, 3.63) is 18.3 Å². The Bertz CT molecular complexity index is 616. The molecule has 0 unspecified atom stereocenters. The zero-order valence-corrected chi connectivity index (χ0v) is 15.9. The first kappa shape index (κ1) is 17.6. The van der Waals surface area contributed by atoms with Crippen LogP contribution in [-0.4, -0.2) is 73.2 Å². The van der Waals surface area contributed by atoms with Gasteiger partial charge in [0, 0.05) is 64.6 Å². The molecule has 6 heteroatoms. The van der Waals surface area contributed by atoms with E-state index >= 15 is 0 Å². The van der Waals surface area contributed by atoms with E-state index in [4.69, 9.17) is 0 Å². The largest absolute Gasteiger partial charge is 0.354 e. The van der Waals surface area contributed by atoms with Crippen molar-refractivity contribution < 1.29 is 4.79 Å². The molecule has 26 heavy (non-hydrogen) atoms. The van der Waals surface area contributed by atoms with Gasteiger partial charge in [0.05, 0.1) is 5.69 Å². The number of hydrogen-bond acceptors (Lipinski definition) is 4. The first-order valence-electron chi connectivity index (χ1n) is 10.2. The third kappa shape index (κ3) is 3.65. The predicted molar refractivity (Wildman–Crippen MR) is 105 cm³/mol. The molecule has 0 radical (unpaired) electrons. The van der Waals surface area contributed by atoms with Gasteiger partial charge in [0.2, 0.25) is 0 Å². The summed E-state index contributed by atoms with van der Waals surface area (Å²) in [5.74, 6) is 0.995. The van der Waals surface area contributed by atoms with Gasteiger partial charge in [-0.15, -0.1) is 0 Å². The topological polar surface area (TPSA) is 42.9 Å². The van der Waals surface area contributed by atoms with Crippen LogP contribution in [0.4, 0.5) is 16.3 Å². The summed E-state index contributed by atoms with van der Waals surface area (Å²) in [7, 11) is 1.87. The van der Waals surface area contributed by atoms with Gasteiger partial charge in [-0.2, -0.15) is 0 Å². The van der Waals surface area contributed by atoms with Crippen LogP contribution in [0.5, 0.6) is 0 Å². The number of aromatic nitrogens is 1. The summed E-state index contributed by atoms with van der Waals surface area (Å²) in [6.07, 6.45) is 9.60. The standard InChI is InChI=1S/C20H31N5O/c1-22(20(26)25-10-4-5-11-25)18-8-9-21-19(16-18)24-14-12-23(13-15-24)17-6-2-3-7-17/h8-9,16-17H,2-7,10-15H2,1H3. The number of urea groups is 1. The predicted octanol–water partition coefficient (Wildman–Crippen LogP) is 2.80. The van der Waals surface area contributed by atoms with E-state index in [0.717, 1.165) is 69.7 Å². The van der Waals surface area contributed by atoms with Crippen molar-refractivity contribution in [3.63, 3.8) is 0 Å². The molecule has 1 aromatic heterocycles. The normalized spacial score (nSPS) is 22.2. The molecule has 4 rings (SSSR count). The Balaban J connectivity index is 1.39. The Kier molecular flexibility index (Phi) is 5.29. The zero-order chi connectivity index (χ0) is 17.9. The SMILES string of the molecule is CN(C(=O)N1CCCC1)c1ccnc(N2CCN(C3CCCC3)CC2)c1. The summed E-state index contributed by atoms with van der Waals surface area (Å²) in [6.45, 7) is 6.06. The van der Waals surface area contributed by atoms with Crippen LogP contribution < -0.4 is 9.80 Å². The average molecular weight is 358 g/mol. The first-order chi connectivity index (χ1) is 12.7. The fourth-order valence-corrected chi connectivity index (χ4v) is 4.61. The number of piperazine rings is 1. The van der Waals surface area contributed by atoms with Crippen LogP contribution in [0.2, 0.25) is 0 Å². The molecule has 0 atom stereocenters. The molecular formula is C20H31N5O. The minimum atomic E-state index is 0.103. The van der Waals surface area contributed by atoms with E-state index in [-0.39, 0.29) is 6.03 Å². The summed E-state index contributed by atoms with van der Waals surface area (Å²) < 4.78 is 0. The maximum absolute atomic E-state index is 12.6.